The lowest BCUT2D eigenvalue weighted by atomic mass is 10.1. The van der Waals surface area contributed by atoms with Gasteiger partial charge in [-0.15, -0.1) is 0 Å². The van der Waals surface area contributed by atoms with Crippen molar-refractivity contribution >= 4 is 16.6 Å². The Balaban J connectivity index is 2.33. The van der Waals surface area contributed by atoms with Crippen molar-refractivity contribution in [2.24, 2.45) is 0 Å². The van der Waals surface area contributed by atoms with Crippen molar-refractivity contribution in [3.63, 3.8) is 0 Å². The maximum atomic E-state index is 10.9. The van der Waals surface area contributed by atoms with Crippen LogP contribution in [0.5, 0.6) is 5.75 Å². The number of aromatic nitrogens is 2. The van der Waals surface area contributed by atoms with Crippen molar-refractivity contribution < 1.29 is 10.0 Å². The van der Waals surface area contributed by atoms with Crippen LogP contribution in [-0.4, -0.2) is 20.0 Å². The lowest BCUT2D eigenvalue weighted by Crippen LogP contribution is -1.92. The minimum atomic E-state index is -0.471. The number of phenolic OH excluding ortho intramolecular Hbond substituents is 1. The first-order valence-corrected chi connectivity index (χ1v) is 5.84. The molecule has 3 rings (SSSR count). The molecule has 0 amide bonds. The highest BCUT2D eigenvalue weighted by Gasteiger charge is 2.13. The van der Waals surface area contributed by atoms with E-state index in [0.29, 0.717) is 22.2 Å². The molecule has 2 aromatic carbocycles. The second kappa shape index (κ2) is 4.58. The fraction of sp³-hybridized carbons (Fsp3) is 0. The molecule has 0 aliphatic heterocycles. The number of hydrogen-bond donors (Lipinski definition) is 1. The first kappa shape index (κ1) is 12.0. The molecule has 0 aliphatic rings. The lowest BCUT2D eigenvalue weighted by Gasteiger charge is -2.06. The molecule has 0 radical (unpaired) electrons. The van der Waals surface area contributed by atoms with Gasteiger partial charge in [-0.1, -0.05) is 12.1 Å². The first-order chi connectivity index (χ1) is 9.66. The van der Waals surface area contributed by atoms with E-state index in [-0.39, 0.29) is 11.4 Å². The molecule has 98 valence electrons. The summed E-state index contributed by atoms with van der Waals surface area (Å²) in [5.74, 6) is 0.0685. The molecule has 0 aliphatic carbocycles. The van der Waals surface area contributed by atoms with Crippen LogP contribution in [0.25, 0.3) is 22.2 Å². The summed E-state index contributed by atoms with van der Waals surface area (Å²) >= 11 is 0. The Morgan fingerprint density at radius 2 is 1.90 bits per heavy atom. The minimum Gasteiger partial charge on any atom is -0.507 e. The number of aromatic hydroxyl groups is 1. The quantitative estimate of drug-likeness (QED) is 0.569. The molecule has 0 bridgehead atoms. The minimum absolute atomic E-state index is 0.0380. The predicted octanol–water partition coefficient (Wildman–Crippen LogP) is 2.91. The van der Waals surface area contributed by atoms with Crippen LogP contribution in [0.4, 0.5) is 5.69 Å². The Morgan fingerprint density at radius 3 is 2.65 bits per heavy atom. The number of hydrogen-bond acceptors (Lipinski definition) is 5. The Hall–Kier alpha value is -3.02. The Bertz CT molecular complexity index is 818. The summed E-state index contributed by atoms with van der Waals surface area (Å²) in [6.45, 7) is 0. The summed E-state index contributed by atoms with van der Waals surface area (Å²) in [7, 11) is 0. The molecule has 6 heteroatoms. The molecule has 6 nitrogen and oxygen atoms in total. The van der Waals surface area contributed by atoms with Gasteiger partial charge in [-0.3, -0.25) is 10.1 Å². The maximum absolute atomic E-state index is 10.9. The number of non-ortho nitro benzene ring substituents is 1. The van der Waals surface area contributed by atoms with E-state index in [4.69, 9.17) is 0 Å². The summed E-state index contributed by atoms with van der Waals surface area (Å²) in [5.41, 5.74) is 1.53. The SMILES string of the molecule is O=[N+]([O-])c1ccc2ncnc(-c3ccccc3O)c2c1. The lowest BCUT2D eigenvalue weighted by molar-refractivity contribution is -0.384. The van der Waals surface area contributed by atoms with Crippen LogP contribution >= 0.6 is 0 Å². The van der Waals surface area contributed by atoms with E-state index < -0.39 is 4.92 Å². The molecule has 1 aromatic heterocycles. The molecule has 1 heterocycles. The zero-order valence-electron chi connectivity index (χ0n) is 10.2. The third-order valence-corrected chi connectivity index (χ3v) is 2.99. The van der Waals surface area contributed by atoms with E-state index in [1.54, 1.807) is 30.3 Å². The number of para-hydroxylation sites is 1. The molecule has 0 saturated carbocycles. The van der Waals surface area contributed by atoms with E-state index in [9.17, 15) is 15.2 Å². The second-order valence-electron chi connectivity index (χ2n) is 4.20. The van der Waals surface area contributed by atoms with Gasteiger partial charge in [0.2, 0.25) is 0 Å². The predicted molar refractivity (Wildman–Crippen MR) is 73.3 cm³/mol. The normalized spacial score (nSPS) is 10.6. The van der Waals surface area contributed by atoms with Crippen molar-refractivity contribution in [1.82, 2.24) is 9.97 Å². The average molecular weight is 267 g/mol. The molecule has 20 heavy (non-hydrogen) atoms. The van der Waals surface area contributed by atoms with Gasteiger partial charge in [0.25, 0.3) is 5.69 Å². The number of benzene rings is 2. The number of rotatable bonds is 2. The van der Waals surface area contributed by atoms with E-state index in [0.717, 1.165) is 0 Å². The fourth-order valence-electron chi connectivity index (χ4n) is 2.05. The highest BCUT2D eigenvalue weighted by molar-refractivity contribution is 5.94. The Kier molecular flexibility index (Phi) is 2.76. The number of nitro groups is 1. The summed E-state index contributed by atoms with van der Waals surface area (Å²) < 4.78 is 0. The molecule has 3 aromatic rings. The third kappa shape index (κ3) is 1.93. The van der Waals surface area contributed by atoms with E-state index in [2.05, 4.69) is 9.97 Å². The maximum Gasteiger partial charge on any atom is 0.270 e. The average Bonchev–Trinajstić information content (AvgIpc) is 2.46. The Labute approximate surface area is 113 Å². The zero-order chi connectivity index (χ0) is 14.1. The van der Waals surface area contributed by atoms with Crippen LogP contribution in [0.2, 0.25) is 0 Å². The van der Waals surface area contributed by atoms with Crippen LogP contribution in [0, 0.1) is 10.1 Å². The summed E-state index contributed by atoms with van der Waals surface area (Å²) in [4.78, 5) is 18.6. The van der Waals surface area contributed by atoms with Crippen molar-refractivity contribution in [3.8, 4) is 17.0 Å². The molecule has 0 saturated heterocycles. The third-order valence-electron chi connectivity index (χ3n) is 2.99. The first-order valence-electron chi connectivity index (χ1n) is 5.84. The Morgan fingerprint density at radius 1 is 1.10 bits per heavy atom. The van der Waals surface area contributed by atoms with Crippen LogP contribution in [0.1, 0.15) is 0 Å². The molecule has 0 unspecified atom stereocenters. The van der Waals surface area contributed by atoms with E-state index in [1.165, 1.54) is 18.5 Å². The molecular formula is C14H9N3O3. The van der Waals surface area contributed by atoms with Crippen LogP contribution in [0.15, 0.2) is 48.8 Å². The highest BCUT2D eigenvalue weighted by atomic mass is 16.6. The largest absolute Gasteiger partial charge is 0.507 e. The molecule has 0 spiro atoms. The molecule has 0 fully saturated rings. The van der Waals surface area contributed by atoms with Gasteiger partial charge in [-0.05, 0) is 18.2 Å². The van der Waals surface area contributed by atoms with Gasteiger partial charge >= 0.3 is 0 Å². The topological polar surface area (TPSA) is 89.2 Å². The van der Waals surface area contributed by atoms with Gasteiger partial charge in [-0.2, -0.15) is 0 Å². The van der Waals surface area contributed by atoms with Gasteiger partial charge in [0, 0.05) is 23.1 Å². The number of nitro benzene ring substituents is 1. The monoisotopic (exact) mass is 267 g/mol. The molecule has 0 atom stereocenters. The fourth-order valence-corrected chi connectivity index (χ4v) is 2.05. The van der Waals surface area contributed by atoms with Crippen molar-refractivity contribution in [1.29, 1.82) is 0 Å². The second-order valence-corrected chi connectivity index (χ2v) is 4.20. The summed E-state index contributed by atoms with van der Waals surface area (Å²) in [6, 6.07) is 11.1. The summed E-state index contributed by atoms with van der Waals surface area (Å²) in [5, 5.41) is 21.3. The highest BCUT2D eigenvalue weighted by Crippen LogP contribution is 2.33. The van der Waals surface area contributed by atoms with Crippen molar-refractivity contribution in [3.05, 3.63) is 58.9 Å². The van der Waals surface area contributed by atoms with E-state index in [1.807, 2.05) is 0 Å². The standard InChI is InChI=1S/C14H9N3O3/c18-13-4-2-1-3-10(13)14-11-7-9(17(19)20)5-6-12(11)15-8-16-14/h1-8,18H. The molecular weight excluding hydrogens is 258 g/mol. The van der Waals surface area contributed by atoms with Gasteiger partial charge in [0.1, 0.15) is 12.1 Å². The van der Waals surface area contributed by atoms with Crippen molar-refractivity contribution in [2.75, 3.05) is 0 Å². The molecule has 1 N–H and O–H groups in total. The van der Waals surface area contributed by atoms with Crippen LogP contribution < -0.4 is 0 Å². The number of nitrogens with zero attached hydrogens (tertiary/aromatic N) is 3. The summed E-state index contributed by atoms with van der Waals surface area (Å²) in [6.07, 6.45) is 1.37. The van der Waals surface area contributed by atoms with Gasteiger partial charge in [0.05, 0.1) is 16.1 Å². The smallest absolute Gasteiger partial charge is 0.270 e. The number of phenols is 1. The van der Waals surface area contributed by atoms with Crippen LogP contribution in [-0.2, 0) is 0 Å². The van der Waals surface area contributed by atoms with E-state index >= 15 is 0 Å². The van der Waals surface area contributed by atoms with Gasteiger partial charge in [-0.25, -0.2) is 9.97 Å². The van der Waals surface area contributed by atoms with Crippen LogP contribution in [0.3, 0.4) is 0 Å². The zero-order valence-corrected chi connectivity index (χ0v) is 10.2. The van der Waals surface area contributed by atoms with Gasteiger partial charge < -0.3 is 5.11 Å². The number of fused-ring (bicyclic) bond motifs is 1. The van der Waals surface area contributed by atoms with Gasteiger partial charge in [0.15, 0.2) is 0 Å². The van der Waals surface area contributed by atoms with Crippen molar-refractivity contribution in [2.45, 2.75) is 0 Å².